The van der Waals surface area contributed by atoms with E-state index in [1.807, 2.05) is 0 Å². The van der Waals surface area contributed by atoms with Gasteiger partial charge in [-0.2, -0.15) is 0 Å². The predicted octanol–water partition coefficient (Wildman–Crippen LogP) is -0.483. The van der Waals surface area contributed by atoms with Crippen molar-refractivity contribution >= 4 is 21.8 Å². The first-order chi connectivity index (χ1) is 6.22. The van der Waals surface area contributed by atoms with Gasteiger partial charge in [0.15, 0.2) is 0 Å². The Bertz CT molecular complexity index is 364. The average molecular weight is 222 g/mol. The molecule has 0 unspecified atom stereocenters. The van der Waals surface area contributed by atoms with Gasteiger partial charge in [-0.05, 0) is 6.42 Å². The van der Waals surface area contributed by atoms with E-state index in [9.17, 15) is 18.0 Å². The minimum atomic E-state index is -3.29. The monoisotopic (exact) mass is 222 g/mol. The van der Waals surface area contributed by atoms with Crippen molar-refractivity contribution in [3.63, 3.8) is 0 Å². The molecule has 0 radical (unpaired) electrons. The van der Waals surface area contributed by atoms with Crippen LogP contribution >= 0.6 is 0 Å². The van der Waals surface area contributed by atoms with Gasteiger partial charge < -0.3 is 10.2 Å². The van der Waals surface area contributed by atoms with Crippen LogP contribution in [-0.2, 0) is 19.4 Å². The summed E-state index contributed by atoms with van der Waals surface area (Å²) in [7, 11) is -3.29. The molecule has 0 amide bonds. The molecule has 0 heterocycles. The molecule has 0 rings (SSSR count). The maximum atomic E-state index is 10.7. The molecule has 2 N–H and O–H groups in total. The van der Waals surface area contributed by atoms with Gasteiger partial charge in [0, 0.05) is 17.9 Å². The molecule has 0 aromatic carbocycles. The molecule has 0 atom stereocenters. The zero-order chi connectivity index (χ0) is 11.4. The molecule has 0 aliphatic rings. The number of aliphatic carboxylic acids is 2. The highest BCUT2D eigenvalue weighted by molar-refractivity contribution is 7.90. The van der Waals surface area contributed by atoms with Crippen LogP contribution < -0.4 is 0 Å². The number of carboxylic acids is 2. The fourth-order valence-corrected chi connectivity index (χ4v) is 1.28. The molecule has 0 saturated heterocycles. The molecule has 80 valence electrons. The van der Waals surface area contributed by atoms with Crippen molar-refractivity contribution in [2.75, 3.05) is 12.0 Å². The Morgan fingerprint density at radius 1 is 1.29 bits per heavy atom. The maximum Gasteiger partial charge on any atom is 0.331 e. The summed E-state index contributed by atoms with van der Waals surface area (Å²) in [6.07, 6.45) is 1.14. The summed E-state index contributed by atoms with van der Waals surface area (Å²) < 4.78 is 21.4. The van der Waals surface area contributed by atoms with Gasteiger partial charge in [-0.1, -0.05) is 0 Å². The van der Waals surface area contributed by atoms with Gasteiger partial charge in [-0.25, -0.2) is 18.0 Å². The number of rotatable bonds is 5. The van der Waals surface area contributed by atoms with Gasteiger partial charge in [0.25, 0.3) is 0 Å². The zero-order valence-corrected chi connectivity index (χ0v) is 8.24. The van der Waals surface area contributed by atoms with E-state index >= 15 is 0 Å². The van der Waals surface area contributed by atoms with Crippen molar-refractivity contribution in [1.29, 1.82) is 0 Å². The summed E-state index contributed by atoms with van der Waals surface area (Å²) in [4.78, 5) is 20.6. The van der Waals surface area contributed by atoms with E-state index < -0.39 is 27.3 Å². The standard InChI is InChI=1S/C7H10O6S/c1-14(12,13)3-2-5(7(10)11)4-6(8)9/h4H,2-3H2,1H3,(H,8,9)(H,10,11)/b5-4+. The third-order valence-corrected chi connectivity index (χ3v) is 2.26. The lowest BCUT2D eigenvalue weighted by atomic mass is 10.2. The zero-order valence-electron chi connectivity index (χ0n) is 7.43. The summed E-state index contributed by atoms with van der Waals surface area (Å²) in [6.45, 7) is 0. The highest BCUT2D eigenvalue weighted by Gasteiger charge is 2.12. The van der Waals surface area contributed by atoms with Crippen molar-refractivity contribution in [2.24, 2.45) is 0 Å². The smallest absolute Gasteiger partial charge is 0.331 e. The SMILES string of the molecule is CS(=O)(=O)CC/C(=C\C(=O)O)C(=O)O. The van der Waals surface area contributed by atoms with Crippen LogP contribution in [0.2, 0.25) is 0 Å². The lowest BCUT2D eigenvalue weighted by molar-refractivity contribution is -0.135. The second kappa shape index (κ2) is 4.75. The van der Waals surface area contributed by atoms with E-state index in [1.54, 1.807) is 0 Å². The molecule has 0 fully saturated rings. The topological polar surface area (TPSA) is 109 Å². The molecular weight excluding hydrogens is 212 g/mol. The molecule has 0 spiro atoms. The number of hydrogen-bond acceptors (Lipinski definition) is 4. The summed E-state index contributed by atoms with van der Waals surface area (Å²) in [6, 6.07) is 0. The second-order valence-electron chi connectivity index (χ2n) is 2.69. The Hall–Kier alpha value is -1.37. The molecule has 14 heavy (non-hydrogen) atoms. The van der Waals surface area contributed by atoms with Crippen molar-refractivity contribution in [3.05, 3.63) is 11.6 Å². The fraction of sp³-hybridized carbons (Fsp3) is 0.429. The molecule has 0 aliphatic heterocycles. The van der Waals surface area contributed by atoms with Gasteiger partial charge in [0.2, 0.25) is 0 Å². The Morgan fingerprint density at radius 2 is 1.79 bits per heavy atom. The van der Waals surface area contributed by atoms with E-state index in [0.29, 0.717) is 6.08 Å². The number of sulfone groups is 1. The Labute approximate surface area is 80.8 Å². The van der Waals surface area contributed by atoms with Crippen LogP contribution in [0.3, 0.4) is 0 Å². The minimum Gasteiger partial charge on any atom is -0.478 e. The van der Waals surface area contributed by atoms with Crippen LogP contribution in [0.4, 0.5) is 0 Å². The highest BCUT2D eigenvalue weighted by Crippen LogP contribution is 2.03. The van der Waals surface area contributed by atoms with Crippen LogP contribution in [0.15, 0.2) is 11.6 Å². The lowest BCUT2D eigenvalue weighted by Crippen LogP contribution is -2.10. The molecular formula is C7H10O6S. The van der Waals surface area contributed by atoms with Crippen LogP contribution in [0.1, 0.15) is 6.42 Å². The molecule has 0 saturated carbocycles. The van der Waals surface area contributed by atoms with Crippen molar-refractivity contribution in [2.45, 2.75) is 6.42 Å². The van der Waals surface area contributed by atoms with Crippen molar-refractivity contribution in [1.82, 2.24) is 0 Å². The normalized spacial score (nSPS) is 12.5. The Balaban J connectivity index is 4.57. The van der Waals surface area contributed by atoms with Crippen LogP contribution in [-0.4, -0.2) is 42.6 Å². The third-order valence-electron chi connectivity index (χ3n) is 1.31. The molecule has 0 bridgehead atoms. The van der Waals surface area contributed by atoms with E-state index in [4.69, 9.17) is 10.2 Å². The maximum absolute atomic E-state index is 10.7. The Kier molecular flexibility index (Phi) is 4.29. The second-order valence-corrected chi connectivity index (χ2v) is 4.95. The molecule has 0 aromatic heterocycles. The van der Waals surface area contributed by atoms with E-state index in [-0.39, 0.29) is 12.2 Å². The number of hydrogen-bond donors (Lipinski definition) is 2. The third kappa shape index (κ3) is 6.18. The quantitative estimate of drug-likeness (QED) is 0.608. The predicted molar refractivity (Wildman–Crippen MR) is 47.7 cm³/mol. The first-order valence-electron chi connectivity index (χ1n) is 3.57. The van der Waals surface area contributed by atoms with Crippen LogP contribution in [0.5, 0.6) is 0 Å². The molecule has 0 aliphatic carbocycles. The largest absolute Gasteiger partial charge is 0.478 e. The fourth-order valence-electron chi connectivity index (χ4n) is 0.685. The first kappa shape index (κ1) is 12.6. The summed E-state index contributed by atoms with van der Waals surface area (Å²) >= 11 is 0. The van der Waals surface area contributed by atoms with Gasteiger partial charge in [0.1, 0.15) is 9.84 Å². The molecule has 7 heteroatoms. The minimum absolute atomic E-state index is 0.305. The van der Waals surface area contributed by atoms with Crippen molar-refractivity contribution < 1.29 is 28.2 Å². The highest BCUT2D eigenvalue weighted by atomic mass is 32.2. The van der Waals surface area contributed by atoms with Crippen molar-refractivity contribution in [3.8, 4) is 0 Å². The van der Waals surface area contributed by atoms with E-state index in [0.717, 1.165) is 6.26 Å². The first-order valence-corrected chi connectivity index (χ1v) is 5.63. The van der Waals surface area contributed by atoms with Crippen LogP contribution in [0, 0.1) is 0 Å². The van der Waals surface area contributed by atoms with Crippen LogP contribution in [0.25, 0.3) is 0 Å². The molecule has 6 nitrogen and oxygen atoms in total. The lowest BCUT2D eigenvalue weighted by Gasteiger charge is -1.99. The number of carboxylic acid groups (broad SMARTS) is 2. The summed E-state index contributed by atoms with van der Waals surface area (Å²) in [5.74, 6) is -3.20. The van der Waals surface area contributed by atoms with Gasteiger partial charge in [-0.15, -0.1) is 0 Å². The summed E-state index contributed by atoms with van der Waals surface area (Å²) in [5.41, 5.74) is -0.428. The van der Waals surface area contributed by atoms with E-state index in [1.165, 1.54) is 0 Å². The van der Waals surface area contributed by atoms with E-state index in [2.05, 4.69) is 0 Å². The number of carbonyl (C=O) groups is 2. The van der Waals surface area contributed by atoms with Gasteiger partial charge >= 0.3 is 11.9 Å². The molecule has 0 aromatic rings. The van der Waals surface area contributed by atoms with Gasteiger partial charge in [-0.3, -0.25) is 0 Å². The Morgan fingerprint density at radius 3 is 2.07 bits per heavy atom. The summed E-state index contributed by atoms with van der Waals surface area (Å²) in [5, 5.41) is 16.8. The van der Waals surface area contributed by atoms with Gasteiger partial charge in [0.05, 0.1) is 5.75 Å². The average Bonchev–Trinajstić information content (AvgIpc) is 1.94.